The highest BCUT2D eigenvalue weighted by atomic mass is 28.3. The Balaban J connectivity index is 1.71. The normalized spacial score (nSPS) is 18.4. The molecule has 1 aliphatic carbocycles. The van der Waals surface area contributed by atoms with Crippen LogP contribution in [0.4, 0.5) is 0 Å². The largest absolute Gasteiger partial charge is 0.559 e. The standard InChI is InChI=1S/C27H40BN3O4Si/c1-18-27(5,6)35-28(34-18)21-12-10-11-19(21)22-15-29-25-23(30-22)20(24(32)26(2,3)4)16-31(25)17-33-13-14-36(7,8)9/h15-16H,1,10-14,17H2,2-9H3. The highest BCUT2D eigenvalue weighted by Gasteiger charge is 2.46. The monoisotopic (exact) mass is 509 g/mol. The summed E-state index contributed by atoms with van der Waals surface area (Å²) in [6.45, 7) is 21.8. The lowest BCUT2D eigenvalue weighted by atomic mass is 9.75. The maximum absolute atomic E-state index is 13.4. The first-order valence-corrected chi connectivity index (χ1v) is 16.6. The topological polar surface area (TPSA) is 75.5 Å². The van der Waals surface area contributed by atoms with Gasteiger partial charge in [0.1, 0.15) is 17.8 Å². The summed E-state index contributed by atoms with van der Waals surface area (Å²) in [5, 5.41) is 0. The van der Waals surface area contributed by atoms with Gasteiger partial charge in [-0.05, 0) is 50.2 Å². The second kappa shape index (κ2) is 9.58. The van der Waals surface area contributed by atoms with Gasteiger partial charge in [0.05, 0.1) is 23.2 Å². The Hall–Kier alpha value is -2.23. The van der Waals surface area contributed by atoms with Crippen LogP contribution in [-0.2, 0) is 20.8 Å². The SMILES string of the molecule is C=C1OB(C2=C(c3cnc4c(n3)c(C(=O)C(C)(C)C)cn4COCC[Si](C)(C)C)CCC2)OC1(C)C. The van der Waals surface area contributed by atoms with Gasteiger partial charge < -0.3 is 18.6 Å². The van der Waals surface area contributed by atoms with Crippen molar-refractivity contribution < 1.29 is 18.8 Å². The first-order valence-electron chi connectivity index (χ1n) is 12.9. The zero-order valence-corrected chi connectivity index (χ0v) is 24.2. The smallest absolute Gasteiger partial charge is 0.534 e. The number of rotatable bonds is 8. The van der Waals surface area contributed by atoms with Crippen LogP contribution in [0.1, 0.15) is 69.9 Å². The molecular weight excluding hydrogens is 469 g/mol. The number of ether oxygens (including phenoxy) is 1. The minimum absolute atomic E-state index is 0.0425. The van der Waals surface area contributed by atoms with E-state index in [1.165, 1.54) is 0 Å². The van der Waals surface area contributed by atoms with Gasteiger partial charge in [-0.2, -0.15) is 0 Å². The lowest BCUT2D eigenvalue weighted by molar-refractivity contribution is 0.0849. The minimum atomic E-state index is -1.19. The molecule has 194 valence electrons. The van der Waals surface area contributed by atoms with Crippen LogP contribution < -0.4 is 0 Å². The van der Waals surface area contributed by atoms with E-state index in [1.54, 1.807) is 0 Å². The van der Waals surface area contributed by atoms with Crippen molar-refractivity contribution in [1.29, 1.82) is 0 Å². The van der Waals surface area contributed by atoms with Gasteiger partial charge in [-0.3, -0.25) is 4.79 Å². The van der Waals surface area contributed by atoms with Crippen LogP contribution >= 0.6 is 0 Å². The zero-order chi connectivity index (χ0) is 26.5. The van der Waals surface area contributed by atoms with Crippen LogP contribution in [0.15, 0.2) is 30.2 Å². The fourth-order valence-corrected chi connectivity index (χ4v) is 5.25. The molecule has 0 spiro atoms. The Morgan fingerprint density at radius 2 is 2.00 bits per heavy atom. The molecule has 36 heavy (non-hydrogen) atoms. The van der Waals surface area contributed by atoms with Crippen molar-refractivity contribution in [3.05, 3.63) is 41.5 Å². The molecule has 2 aromatic rings. The Kier molecular flexibility index (Phi) is 7.14. The van der Waals surface area contributed by atoms with Gasteiger partial charge in [0.15, 0.2) is 11.4 Å². The van der Waals surface area contributed by atoms with E-state index < -0.39 is 26.2 Å². The third-order valence-electron chi connectivity index (χ3n) is 6.89. The van der Waals surface area contributed by atoms with Crippen molar-refractivity contribution in [1.82, 2.24) is 14.5 Å². The summed E-state index contributed by atoms with van der Waals surface area (Å²) < 4.78 is 20.1. The fraction of sp³-hybridized carbons (Fsp3) is 0.593. The van der Waals surface area contributed by atoms with Crippen molar-refractivity contribution in [3.63, 3.8) is 0 Å². The zero-order valence-electron chi connectivity index (χ0n) is 23.2. The van der Waals surface area contributed by atoms with E-state index in [2.05, 4.69) is 26.2 Å². The van der Waals surface area contributed by atoms with E-state index in [0.717, 1.165) is 42.0 Å². The molecule has 1 saturated heterocycles. The van der Waals surface area contributed by atoms with Gasteiger partial charge in [0.25, 0.3) is 0 Å². The minimum Gasteiger partial charge on any atom is -0.534 e. The van der Waals surface area contributed by atoms with E-state index in [9.17, 15) is 4.79 Å². The van der Waals surface area contributed by atoms with E-state index in [1.807, 2.05) is 51.6 Å². The number of carbonyl (C=O) groups is 1. The molecule has 0 unspecified atom stereocenters. The van der Waals surface area contributed by atoms with Crippen molar-refractivity contribution >= 4 is 37.7 Å². The molecule has 0 atom stereocenters. The van der Waals surface area contributed by atoms with E-state index >= 15 is 0 Å². The lowest BCUT2D eigenvalue weighted by Crippen LogP contribution is -2.25. The Morgan fingerprint density at radius 1 is 1.28 bits per heavy atom. The molecule has 0 bridgehead atoms. The molecular formula is C27H40BN3O4Si. The summed E-state index contributed by atoms with van der Waals surface area (Å²) in [7, 11) is -1.64. The van der Waals surface area contributed by atoms with Gasteiger partial charge in [0.2, 0.25) is 0 Å². The van der Waals surface area contributed by atoms with Crippen LogP contribution in [0, 0.1) is 5.41 Å². The fourth-order valence-electron chi connectivity index (χ4n) is 4.50. The first-order chi connectivity index (χ1) is 16.7. The summed E-state index contributed by atoms with van der Waals surface area (Å²) in [6.07, 6.45) is 6.41. The number of allylic oxidation sites excluding steroid dienone is 2. The number of ketones is 1. The summed E-state index contributed by atoms with van der Waals surface area (Å²) >= 11 is 0. The quantitative estimate of drug-likeness (QED) is 0.237. The molecule has 0 aromatic carbocycles. The first kappa shape index (κ1) is 26.8. The molecule has 0 N–H and O–H groups in total. The van der Waals surface area contributed by atoms with Crippen molar-refractivity contribution in [3.8, 4) is 0 Å². The van der Waals surface area contributed by atoms with Crippen molar-refractivity contribution in [2.45, 2.75) is 91.9 Å². The van der Waals surface area contributed by atoms with Crippen LogP contribution in [0.25, 0.3) is 16.7 Å². The average Bonchev–Trinajstić information content (AvgIpc) is 3.45. The molecule has 7 nitrogen and oxygen atoms in total. The molecule has 3 heterocycles. The number of carbonyl (C=O) groups excluding carboxylic acids is 1. The summed E-state index contributed by atoms with van der Waals surface area (Å²) in [6, 6.07) is 1.08. The third kappa shape index (κ3) is 5.53. The van der Waals surface area contributed by atoms with Gasteiger partial charge >= 0.3 is 7.12 Å². The second-order valence-corrected chi connectivity index (χ2v) is 18.3. The molecule has 4 rings (SSSR count). The van der Waals surface area contributed by atoms with E-state index in [-0.39, 0.29) is 5.78 Å². The lowest BCUT2D eigenvalue weighted by Gasteiger charge is -2.16. The van der Waals surface area contributed by atoms with Crippen molar-refractivity contribution in [2.24, 2.45) is 5.41 Å². The second-order valence-electron chi connectivity index (χ2n) is 12.7. The van der Waals surface area contributed by atoms with E-state index in [4.69, 9.17) is 24.0 Å². The number of nitrogens with zero attached hydrogens (tertiary/aromatic N) is 3. The number of fused-ring (bicyclic) bond motifs is 1. The van der Waals surface area contributed by atoms with Crippen LogP contribution in [0.3, 0.4) is 0 Å². The predicted molar refractivity (Wildman–Crippen MR) is 147 cm³/mol. The molecule has 9 heteroatoms. The Bertz CT molecular complexity index is 1220. The Morgan fingerprint density at radius 3 is 2.61 bits per heavy atom. The maximum atomic E-state index is 13.4. The van der Waals surface area contributed by atoms with Crippen LogP contribution in [0.2, 0.25) is 25.7 Å². The van der Waals surface area contributed by atoms with Gasteiger partial charge in [-0.25, -0.2) is 9.97 Å². The molecule has 2 aliphatic rings. The maximum Gasteiger partial charge on any atom is 0.559 e. The average molecular weight is 510 g/mol. The number of hydrogen-bond donors (Lipinski definition) is 0. The highest BCUT2D eigenvalue weighted by molar-refractivity contribution is 6.76. The Labute approximate surface area is 216 Å². The number of Topliss-reactive ketones (excluding diaryl/α,β-unsaturated/α-hetero) is 1. The van der Waals surface area contributed by atoms with Crippen molar-refractivity contribution in [2.75, 3.05) is 6.61 Å². The number of aromatic nitrogens is 3. The number of hydrogen-bond acceptors (Lipinski definition) is 6. The highest BCUT2D eigenvalue weighted by Crippen LogP contribution is 2.41. The van der Waals surface area contributed by atoms with E-state index in [0.29, 0.717) is 35.8 Å². The third-order valence-corrected chi connectivity index (χ3v) is 8.60. The molecule has 1 aliphatic heterocycles. The summed E-state index contributed by atoms with van der Waals surface area (Å²) in [5.74, 6) is 0.679. The molecule has 0 radical (unpaired) electrons. The molecule has 2 aromatic heterocycles. The van der Waals surface area contributed by atoms with Gasteiger partial charge in [0, 0.05) is 26.3 Å². The molecule has 1 fully saturated rings. The van der Waals surface area contributed by atoms with Crippen LogP contribution in [0.5, 0.6) is 0 Å². The molecule has 0 amide bonds. The predicted octanol–water partition coefficient (Wildman–Crippen LogP) is 6.28. The molecule has 0 saturated carbocycles. The van der Waals surface area contributed by atoms with Crippen LogP contribution in [-0.4, -0.2) is 47.7 Å². The van der Waals surface area contributed by atoms with Gasteiger partial charge in [-0.15, -0.1) is 0 Å². The summed E-state index contributed by atoms with van der Waals surface area (Å²) in [4.78, 5) is 23.2. The van der Waals surface area contributed by atoms with Gasteiger partial charge in [-0.1, -0.05) is 47.0 Å². The summed E-state index contributed by atoms with van der Waals surface area (Å²) in [5.41, 5.74) is 3.77.